The van der Waals surface area contributed by atoms with E-state index in [0.29, 0.717) is 17.2 Å². The Balaban J connectivity index is 1.99. The van der Waals surface area contributed by atoms with Crippen molar-refractivity contribution in [1.29, 1.82) is 0 Å². The van der Waals surface area contributed by atoms with Crippen molar-refractivity contribution in [1.82, 2.24) is 5.16 Å². The second-order valence-electron chi connectivity index (χ2n) is 5.45. The van der Waals surface area contributed by atoms with E-state index in [9.17, 15) is 4.79 Å². The van der Waals surface area contributed by atoms with E-state index >= 15 is 0 Å². The van der Waals surface area contributed by atoms with E-state index in [4.69, 9.17) is 9.26 Å². The topological polar surface area (TPSA) is 64.4 Å². The maximum Gasteiger partial charge on any atom is 0.237 e. The number of hydrogen-bond donors (Lipinski definition) is 1. The maximum absolute atomic E-state index is 12.4. The van der Waals surface area contributed by atoms with Gasteiger partial charge in [0.25, 0.3) is 0 Å². The molecule has 0 saturated carbocycles. The van der Waals surface area contributed by atoms with E-state index in [1.165, 1.54) is 0 Å². The summed E-state index contributed by atoms with van der Waals surface area (Å²) < 4.78 is 10.4. The standard InChI is InChI=1S/C17H22N2O3S/c1-10-6-7-16(21-5)15(8-10)18-17(20)13(4)23-9-14-11(2)19-22-12(14)3/h6-8,13H,9H2,1-5H3,(H,18,20)/t13-/m1/s1. The number of nitrogens with one attached hydrogen (secondary N) is 1. The average Bonchev–Trinajstić information content (AvgIpc) is 2.84. The third kappa shape index (κ3) is 4.28. The molecular weight excluding hydrogens is 312 g/mol. The smallest absolute Gasteiger partial charge is 0.237 e. The number of carbonyl (C=O) groups is 1. The summed E-state index contributed by atoms with van der Waals surface area (Å²) in [5.41, 5.74) is 3.70. The number of amides is 1. The predicted molar refractivity (Wildman–Crippen MR) is 93.1 cm³/mol. The highest BCUT2D eigenvalue weighted by Gasteiger charge is 2.18. The van der Waals surface area contributed by atoms with Gasteiger partial charge >= 0.3 is 0 Å². The van der Waals surface area contributed by atoms with Crippen molar-refractivity contribution >= 4 is 23.4 Å². The molecule has 6 heteroatoms. The number of aryl methyl sites for hydroxylation is 3. The lowest BCUT2D eigenvalue weighted by molar-refractivity contribution is -0.115. The van der Waals surface area contributed by atoms with Crippen LogP contribution >= 0.6 is 11.8 Å². The SMILES string of the molecule is COc1ccc(C)cc1NC(=O)[C@@H](C)SCc1c(C)noc1C. The number of nitrogens with zero attached hydrogens (tertiary/aromatic N) is 1. The van der Waals surface area contributed by atoms with Crippen LogP contribution in [0.3, 0.4) is 0 Å². The van der Waals surface area contributed by atoms with Gasteiger partial charge in [-0.15, -0.1) is 11.8 Å². The first kappa shape index (κ1) is 17.4. The number of anilines is 1. The van der Waals surface area contributed by atoms with Gasteiger partial charge in [-0.25, -0.2) is 0 Å². The Bertz CT molecular complexity index is 678. The van der Waals surface area contributed by atoms with Crippen LogP contribution in [0.15, 0.2) is 22.7 Å². The second kappa shape index (κ2) is 7.55. The van der Waals surface area contributed by atoms with Gasteiger partial charge in [0, 0.05) is 11.3 Å². The summed E-state index contributed by atoms with van der Waals surface area (Å²) in [6, 6.07) is 5.71. The van der Waals surface area contributed by atoms with Gasteiger partial charge in [-0.05, 0) is 45.4 Å². The summed E-state index contributed by atoms with van der Waals surface area (Å²) in [5.74, 6) is 2.11. The maximum atomic E-state index is 12.4. The number of aromatic nitrogens is 1. The Labute approximate surface area is 140 Å². The third-order valence-electron chi connectivity index (χ3n) is 3.64. The van der Waals surface area contributed by atoms with Crippen molar-refractivity contribution in [3.63, 3.8) is 0 Å². The normalized spacial score (nSPS) is 12.0. The zero-order valence-corrected chi connectivity index (χ0v) is 14.9. The minimum Gasteiger partial charge on any atom is -0.495 e. The molecule has 5 nitrogen and oxygen atoms in total. The summed E-state index contributed by atoms with van der Waals surface area (Å²) in [6.07, 6.45) is 0. The molecule has 1 heterocycles. The van der Waals surface area contributed by atoms with Crippen LogP contribution in [0, 0.1) is 20.8 Å². The molecule has 0 saturated heterocycles. The highest BCUT2D eigenvalue weighted by atomic mass is 32.2. The van der Waals surface area contributed by atoms with Gasteiger partial charge in [0.15, 0.2) is 0 Å². The van der Waals surface area contributed by atoms with Gasteiger partial charge < -0.3 is 14.6 Å². The summed E-state index contributed by atoms with van der Waals surface area (Å²) in [4.78, 5) is 12.4. The molecule has 0 radical (unpaired) electrons. The lowest BCUT2D eigenvalue weighted by Gasteiger charge is -2.14. The van der Waals surface area contributed by atoms with Crippen molar-refractivity contribution in [2.45, 2.75) is 38.7 Å². The fourth-order valence-electron chi connectivity index (χ4n) is 2.15. The number of rotatable bonds is 6. The Hall–Kier alpha value is -1.95. The molecule has 0 unspecified atom stereocenters. The lowest BCUT2D eigenvalue weighted by Crippen LogP contribution is -2.23. The van der Waals surface area contributed by atoms with Crippen LogP contribution in [0.5, 0.6) is 5.75 Å². The Morgan fingerprint density at radius 2 is 2.13 bits per heavy atom. The number of hydrogen-bond acceptors (Lipinski definition) is 5. The molecule has 1 atom stereocenters. The number of benzene rings is 1. The quantitative estimate of drug-likeness (QED) is 0.869. The van der Waals surface area contributed by atoms with Gasteiger partial charge in [0.2, 0.25) is 5.91 Å². The Morgan fingerprint density at radius 1 is 1.39 bits per heavy atom. The van der Waals surface area contributed by atoms with E-state index in [0.717, 1.165) is 22.6 Å². The van der Waals surface area contributed by atoms with E-state index < -0.39 is 0 Å². The van der Waals surface area contributed by atoms with E-state index in [1.54, 1.807) is 18.9 Å². The summed E-state index contributed by atoms with van der Waals surface area (Å²) in [7, 11) is 1.59. The molecule has 2 aromatic rings. The largest absolute Gasteiger partial charge is 0.495 e. The molecule has 124 valence electrons. The van der Waals surface area contributed by atoms with Gasteiger partial charge in [-0.2, -0.15) is 0 Å². The Morgan fingerprint density at radius 3 is 2.74 bits per heavy atom. The molecular formula is C17H22N2O3S. The van der Waals surface area contributed by atoms with Crippen molar-refractivity contribution in [3.8, 4) is 5.75 Å². The molecule has 0 aliphatic carbocycles. The molecule has 0 aliphatic rings. The first-order valence-electron chi connectivity index (χ1n) is 7.41. The second-order valence-corrected chi connectivity index (χ2v) is 6.78. The molecule has 0 fully saturated rings. The van der Waals surface area contributed by atoms with Crippen LogP contribution in [0.25, 0.3) is 0 Å². The summed E-state index contributed by atoms with van der Waals surface area (Å²) >= 11 is 1.55. The highest BCUT2D eigenvalue weighted by Crippen LogP contribution is 2.27. The number of thioether (sulfide) groups is 1. The Kier molecular flexibility index (Phi) is 5.71. The lowest BCUT2D eigenvalue weighted by atomic mass is 10.2. The van der Waals surface area contributed by atoms with E-state index in [-0.39, 0.29) is 11.2 Å². The van der Waals surface area contributed by atoms with Crippen LogP contribution in [-0.2, 0) is 10.5 Å². The zero-order chi connectivity index (χ0) is 17.0. The first-order valence-corrected chi connectivity index (χ1v) is 8.46. The molecule has 2 rings (SSSR count). The molecule has 1 aromatic carbocycles. The fraction of sp³-hybridized carbons (Fsp3) is 0.412. The number of ether oxygens (including phenoxy) is 1. The molecule has 1 amide bonds. The van der Waals surface area contributed by atoms with Crippen LogP contribution in [0.1, 0.15) is 29.5 Å². The van der Waals surface area contributed by atoms with Gasteiger partial charge in [-0.3, -0.25) is 4.79 Å². The van der Waals surface area contributed by atoms with Gasteiger partial charge in [-0.1, -0.05) is 11.2 Å². The molecule has 23 heavy (non-hydrogen) atoms. The van der Waals surface area contributed by atoms with Gasteiger partial charge in [0.1, 0.15) is 11.5 Å². The number of carbonyl (C=O) groups excluding carboxylic acids is 1. The average molecular weight is 334 g/mol. The minimum absolute atomic E-state index is 0.0503. The molecule has 0 spiro atoms. The predicted octanol–water partition coefficient (Wildman–Crippen LogP) is 3.87. The van der Waals surface area contributed by atoms with Gasteiger partial charge in [0.05, 0.1) is 23.7 Å². The van der Waals surface area contributed by atoms with E-state index in [1.807, 2.05) is 45.9 Å². The highest BCUT2D eigenvalue weighted by molar-refractivity contribution is 7.99. The molecule has 1 aromatic heterocycles. The monoisotopic (exact) mass is 334 g/mol. The first-order chi connectivity index (χ1) is 10.9. The minimum atomic E-state index is -0.200. The molecule has 0 bridgehead atoms. The zero-order valence-electron chi connectivity index (χ0n) is 14.1. The van der Waals surface area contributed by atoms with Crippen LogP contribution < -0.4 is 10.1 Å². The van der Waals surface area contributed by atoms with Crippen LogP contribution in [0.4, 0.5) is 5.69 Å². The van der Waals surface area contributed by atoms with Crippen LogP contribution in [-0.4, -0.2) is 23.4 Å². The van der Waals surface area contributed by atoms with Crippen LogP contribution in [0.2, 0.25) is 0 Å². The third-order valence-corrected chi connectivity index (χ3v) is 4.81. The van der Waals surface area contributed by atoms with Crippen molar-refractivity contribution in [3.05, 3.63) is 40.8 Å². The van der Waals surface area contributed by atoms with Crippen molar-refractivity contribution in [2.75, 3.05) is 12.4 Å². The number of methoxy groups -OCH3 is 1. The summed E-state index contributed by atoms with van der Waals surface area (Å²) in [6.45, 7) is 7.66. The molecule has 1 N–H and O–H groups in total. The van der Waals surface area contributed by atoms with Crippen molar-refractivity contribution < 1.29 is 14.1 Å². The van der Waals surface area contributed by atoms with E-state index in [2.05, 4.69) is 10.5 Å². The van der Waals surface area contributed by atoms with Crippen molar-refractivity contribution in [2.24, 2.45) is 0 Å². The fourth-order valence-corrected chi connectivity index (χ4v) is 3.18. The summed E-state index contributed by atoms with van der Waals surface area (Å²) in [5, 5.41) is 6.67. The molecule has 0 aliphatic heterocycles.